The number of hydrogen-bond acceptors (Lipinski definition) is 4. The van der Waals surface area contributed by atoms with Gasteiger partial charge in [-0.3, -0.25) is 0 Å². The zero-order valence-corrected chi connectivity index (χ0v) is 7.80. The van der Waals surface area contributed by atoms with Crippen molar-refractivity contribution in [2.75, 3.05) is 13.1 Å². The molecule has 0 bridgehead atoms. The van der Waals surface area contributed by atoms with Crippen molar-refractivity contribution in [1.82, 2.24) is 0 Å². The molecular weight excluding hydrogens is 300 g/mol. The van der Waals surface area contributed by atoms with Gasteiger partial charge in [-0.2, -0.15) is 0 Å². The van der Waals surface area contributed by atoms with Gasteiger partial charge < -0.3 is 11.5 Å². The van der Waals surface area contributed by atoms with Crippen LogP contribution in [0.25, 0.3) is 0 Å². The van der Waals surface area contributed by atoms with E-state index in [4.69, 9.17) is 14.3 Å². The zero-order chi connectivity index (χ0) is 7.91. The van der Waals surface area contributed by atoms with Gasteiger partial charge in [-0.1, -0.05) is 0 Å². The Hall–Kier alpha value is 0.128. The van der Waals surface area contributed by atoms with E-state index in [0.29, 0.717) is 0 Å². The van der Waals surface area contributed by atoms with E-state index in [9.17, 15) is 0 Å². The van der Waals surface area contributed by atoms with E-state index < -0.39 is 16.7 Å². The van der Waals surface area contributed by atoms with Gasteiger partial charge in [0.05, 0.1) is 0 Å². The molecule has 0 aromatic rings. The summed E-state index contributed by atoms with van der Waals surface area (Å²) in [5, 5.41) is 0. The second-order valence-corrected chi connectivity index (χ2v) is 4.05. The molecule has 0 spiro atoms. The molecule has 9 heavy (non-hydrogen) atoms. The molecule has 0 aromatic carbocycles. The van der Waals surface area contributed by atoms with Crippen molar-refractivity contribution in [2.24, 2.45) is 0 Å². The van der Waals surface area contributed by atoms with Crippen molar-refractivity contribution in [3.63, 3.8) is 0 Å². The van der Waals surface area contributed by atoms with E-state index in [-0.39, 0.29) is 0 Å². The van der Waals surface area contributed by atoms with E-state index in [1.807, 2.05) is 0 Å². The van der Waals surface area contributed by atoms with Crippen molar-refractivity contribution < 1.29 is 42.5 Å². The molecule has 58 valence electrons. The molecule has 0 amide bonds. The van der Waals surface area contributed by atoms with Crippen molar-refractivity contribution in [2.45, 2.75) is 0 Å². The Morgan fingerprint density at radius 1 is 1.11 bits per heavy atom. The molecular formula is C2H10N2O4W. The molecule has 0 aliphatic heterocycles. The molecule has 0 radical (unpaired) electrons. The molecule has 0 unspecified atom stereocenters. The molecule has 0 saturated heterocycles. The summed E-state index contributed by atoms with van der Waals surface area (Å²) >= 11 is -6.17. The molecule has 0 heterocycles. The predicted octanol–water partition coefficient (Wildman–Crippen LogP) is -5.15. The first-order chi connectivity index (χ1) is 3.91. The minimum absolute atomic E-state index is 0.958. The third-order valence-corrected chi connectivity index (χ3v) is 0.250. The first-order valence-corrected chi connectivity index (χ1v) is 6.96. The van der Waals surface area contributed by atoms with Crippen molar-refractivity contribution in [1.29, 1.82) is 0 Å². The molecule has 0 aromatic heterocycles. The number of rotatable bonds is 1. The van der Waals surface area contributed by atoms with Crippen LogP contribution in [0.4, 0.5) is 0 Å². The van der Waals surface area contributed by atoms with E-state index >= 15 is 0 Å². The normalized spacial score (nSPS) is 9.78. The quantitative estimate of drug-likeness (QED) is 0.500. The fourth-order valence-corrected chi connectivity index (χ4v) is 0. The second kappa shape index (κ2) is 6.25. The molecule has 7 heteroatoms. The predicted molar refractivity (Wildman–Crippen MR) is 16.9 cm³/mol. The van der Waals surface area contributed by atoms with Gasteiger partial charge >= 0.3 is 31.1 Å². The number of quaternary nitrogens is 2. The van der Waals surface area contributed by atoms with Crippen LogP contribution in [-0.4, -0.2) is 13.1 Å². The van der Waals surface area contributed by atoms with Crippen LogP contribution >= 0.6 is 0 Å². The van der Waals surface area contributed by atoms with Gasteiger partial charge in [0.25, 0.3) is 0 Å². The third-order valence-electron chi connectivity index (χ3n) is 0.250. The van der Waals surface area contributed by atoms with Gasteiger partial charge in [0.1, 0.15) is 13.1 Å². The van der Waals surface area contributed by atoms with Gasteiger partial charge in [0.15, 0.2) is 0 Å². The molecule has 0 aliphatic rings. The SMILES string of the molecule is [NH3+]CC[NH3+].[O]=[W](=[O])([O-])[O-]. The van der Waals surface area contributed by atoms with Crippen molar-refractivity contribution >= 4 is 0 Å². The Morgan fingerprint density at radius 3 is 1.22 bits per heavy atom. The molecule has 6 nitrogen and oxygen atoms in total. The third kappa shape index (κ3) is 240. The summed E-state index contributed by atoms with van der Waals surface area (Å²) in [4.78, 5) is 0. The topological polar surface area (TPSA) is 136 Å². The summed E-state index contributed by atoms with van der Waals surface area (Å²) < 4.78 is 34.6. The van der Waals surface area contributed by atoms with Gasteiger partial charge in [0, 0.05) is 0 Å². The van der Waals surface area contributed by atoms with Crippen LogP contribution in [-0.2, 0) is 23.5 Å². The fourth-order valence-electron chi connectivity index (χ4n) is 0. The Kier molecular flexibility index (Phi) is 8.24. The summed E-state index contributed by atoms with van der Waals surface area (Å²) in [7, 11) is 0. The molecule has 0 aliphatic carbocycles. The fraction of sp³-hybridized carbons (Fsp3) is 1.00. The van der Waals surface area contributed by atoms with Crippen molar-refractivity contribution in [3.05, 3.63) is 0 Å². The zero-order valence-electron chi connectivity index (χ0n) is 4.87. The molecule has 0 saturated carbocycles. The van der Waals surface area contributed by atoms with E-state index in [1.54, 1.807) is 0 Å². The Balaban J connectivity index is 0. The van der Waals surface area contributed by atoms with Gasteiger partial charge in [0.2, 0.25) is 0 Å². The second-order valence-electron chi connectivity index (χ2n) is 1.12. The van der Waals surface area contributed by atoms with Gasteiger partial charge in [-0.25, -0.2) is 0 Å². The molecule has 0 atom stereocenters. The van der Waals surface area contributed by atoms with Crippen LogP contribution in [0.1, 0.15) is 0 Å². The summed E-state index contributed by atoms with van der Waals surface area (Å²) in [5.74, 6) is 0. The average molecular weight is 310 g/mol. The minimum atomic E-state index is -6.17. The molecule has 0 fully saturated rings. The van der Waals surface area contributed by atoms with E-state index in [0.717, 1.165) is 13.1 Å². The maximum absolute atomic E-state index is 8.65. The average Bonchev–Trinajstić information content (AvgIpc) is 1.61. The van der Waals surface area contributed by atoms with Crippen LogP contribution in [0.15, 0.2) is 0 Å². The van der Waals surface area contributed by atoms with E-state index in [2.05, 4.69) is 11.5 Å². The molecule has 6 N–H and O–H groups in total. The maximum atomic E-state index is 8.65. The van der Waals surface area contributed by atoms with Crippen LogP contribution < -0.4 is 19.0 Å². The Bertz CT molecular complexity index is 120. The number of hydrogen-bond donors (Lipinski definition) is 2. The first kappa shape index (κ1) is 11.9. The summed E-state index contributed by atoms with van der Waals surface area (Å²) in [5.41, 5.74) is 7.08. The van der Waals surface area contributed by atoms with Crippen LogP contribution in [0.5, 0.6) is 0 Å². The van der Waals surface area contributed by atoms with Crippen LogP contribution in [0.3, 0.4) is 0 Å². The van der Waals surface area contributed by atoms with Gasteiger partial charge in [-0.05, 0) is 0 Å². The molecule has 0 rings (SSSR count). The van der Waals surface area contributed by atoms with E-state index in [1.165, 1.54) is 0 Å². The van der Waals surface area contributed by atoms with Crippen LogP contribution in [0, 0.1) is 0 Å². The standard InChI is InChI=1S/C2H8N2.4O.W/c3-1-2-4;;;;;/h1-4H2;;;;;/q;;;2*-1;/p+2. The summed E-state index contributed by atoms with van der Waals surface area (Å²) in [6, 6.07) is 0. The first-order valence-electron chi connectivity index (χ1n) is 2.17. The summed E-state index contributed by atoms with van der Waals surface area (Å²) in [6.07, 6.45) is 0. The summed E-state index contributed by atoms with van der Waals surface area (Å²) in [6.45, 7) is 1.92. The van der Waals surface area contributed by atoms with Crippen molar-refractivity contribution in [3.8, 4) is 0 Å². The Labute approximate surface area is 56.2 Å². The van der Waals surface area contributed by atoms with Crippen LogP contribution in [0.2, 0.25) is 0 Å². The monoisotopic (exact) mass is 310 g/mol. The van der Waals surface area contributed by atoms with Gasteiger partial charge in [-0.15, -0.1) is 0 Å². The Morgan fingerprint density at radius 2 is 1.22 bits per heavy atom.